The van der Waals surface area contributed by atoms with Crippen molar-refractivity contribution in [3.63, 3.8) is 0 Å². The first-order valence-corrected chi connectivity index (χ1v) is 13.9. The summed E-state index contributed by atoms with van der Waals surface area (Å²) >= 11 is 1.45. The number of carboxylic acid groups (broad SMARTS) is 1. The quantitative estimate of drug-likeness (QED) is 0.329. The van der Waals surface area contributed by atoms with Crippen molar-refractivity contribution >= 4 is 33.3 Å². The standard InChI is InChI=1S/C29H28F3NO5S/c30-29(31,32)19-3-1-16(2-4-19)14-38-23-20-7-8-39-22(20)6-5-21(23)25(34)33-24(26(35)36)27-10-17-9-18(11-27)13-28(37,12-17)15-27/h1-8,17-18,24,37H,9-15H2,(H,33,34)(H,35,36)/t17?,18?,24-,27?,28?/m1/s1. The van der Waals surface area contributed by atoms with Crippen LogP contribution in [0.1, 0.15) is 60.0 Å². The van der Waals surface area contributed by atoms with Crippen LogP contribution in [0.4, 0.5) is 13.2 Å². The topological polar surface area (TPSA) is 95.9 Å². The van der Waals surface area contributed by atoms with Crippen molar-refractivity contribution in [1.29, 1.82) is 0 Å². The molecule has 4 saturated carbocycles. The van der Waals surface area contributed by atoms with Crippen molar-refractivity contribution in [3.8, 4) is 5.75 Å². The molecule has 4 fully saturated rings. The molecule has 0 spiro atoms. The summed E-state index contributed by atoms with van der Waals surface area (Å²) in [5, 5.41) is 26.7. The Labute approximate surface area is 226 Å². The van der Waals surface area contributed by atoms with Gasteiger partial charge < -0.3 is 20.3 Å². The fraction of sp³-hybridized carbons (Fsp3) is 0.448. The van der Waals surface area contributed by atoms with Crippen LogP contribution in [0.25, 0.3) is 10.1 Å². The van der Waals surface area contributed by atoms with Gasteiger partial charge >= 0.3 is 12.1 Å². The zero-order valence-electron chi connectivity index (χ0n) is 21.0. The number of aliphatic hydroxyl groups is 1. The Morgan fingerprint density at radius 3 is 2.36 bits per heavy atom. The van der Waals surface area contributed by atoms with Crippen molar-refractivity contribution in [2.45, 2.75) is 63.0 Å². The Bertz CT molecular complexity index is 1420. The Balaban J connectivity index is 1.27. The number of fused-ring (bicyclic) bond motifs is 1. The number of carbonyl (C=O) groups is 2. The number of ether oxygens (including phenoxy) is 1. The van der Waals surface area contributed by atoms with Crippen LogP contribution in [-0.2, 0) is 17.6 Å². The second kappa shape index (κ2) is 9.23. The molecule has 4 aliphatic rings. The van der Waals surface area contributed by atoms with Crippen molar-refractivity contribution in [2.24, 2.45) is 17.3 Å². The highest BCUT2D eigenvalue weighted by Crippen LogP contribution is 2.62. The van der Waals surface area contributed by atoms with Gasteiger partial charge in [-0.25, -0.2) is 4.79 Å². The van der Waals surface area contributed by atoms with Gasteiger partial charge in [0.2, 0.25) is 0 Å². The van der Waals surface area contributed by atoms with Crippen LogP contribution in [0.5, 0.6) is 5.75 Å². The van der Waals surface area contributed by atoms with E-state index in [-0.39, 0.29) is 29.8 Å². The average Bonchev–Trinajstić information content (AvgIpc) is 3.33. The summed E-state index contributed by atoms with van der Waals surface area (Å²) in [6.07, 6.45) is -0.426. The molecule has 39 heavy (non-hydrogen) atoms. The van der Waals surface area contributed by atoms with Gasteiger partial charge in [-0.15, -0.1) is 11.3 Å². The minimum atomic E-state index is -4.44. The molecule has 3 N–H and O–H groups in total. The summed E-state index contributed by atoms with van der Waals surface area (Å²) in [7, 11) is 0. The molecule has 1 amide bonds. The lowest BCUT2D eigenvalue weighted by Gasteiger charge is -2.61. The number of nitrogens with one attached hydrogen (secondary N) is 1. The van der Waals surface area contributed by atoms with Crippen LogP contribution in [0.15, 0.2) is 47.8 Å². The first-order chi connectivity index (χ1) is 18.4. The zero-order valence-corrected chi connectivity index (χ0v) is 21.8. The van der Waals surface area contributed by atoms with Gasteiger partial charge in [-0.1, -0.05) is 12.1 Å². The van der Waals surface area contributed by atoms with E-state index < -0.39 is 40.7 Å². The smallest absolute Gasteiger partial charge is 0.416 e. The van der Waals surface area contributed by atoms with Gasteiger partial charge in [0.25, 0.3) is 5.91 Å². The average molecular weight is 560 g/mol. The summed E-state index contributed by atoms with van der Waals surface area (Å²) < 4.78 is 45.7. The number of rotatable bonds is 7. The number of amides is 1. The zero-order chi connectivity index (χ0) is 27.6. The van der Waals surface area contributed by atoms with E-state index in [4.69, 9.17) is 4.74 Å². The molecular formula is C29H28F3NO5S. The van der Waals surface area contributed by atoms with E-state index in [0.29, 0.717) is 43.1 Å². The molecule has 6 nitrogen and oxygen atoms in total. The van der Waals surface area contributed by atoms with Crippen LogP contribution in [0.2, 0.25) is 0 Å². The lowest BCUT2D eigenvalue weighted by atomic mass is 9.46. The fourth-order valence-electron chi connectivity index (χ4n) is 7.60. The fourth-order valence-corrected chi connectivity index (χ4v) is 8.39. The summed E-state index contributed by atoms with van der Waals surface area (Å²) in [5.41, 5.74) is -1.71. The second-order valence-electron chi connectivity index (χ2n) is 11.6. The third-order valence-corrected chi connectivity index (χ3v) is 9.59. The van der Waals surface area contributed by atoms with Crippen molar-refractivity contribution in [2.75, 3.05) is 0 Å². The highest BCUT2D eigenvalue weighted by molar-refractivity contribution is 7.17. The third kappa shape index (κ3) is 4.78. The van der Waals surface area contributed by atoms with E-state index in [1.165, 1.54) is 23.5 Å². The number of carboxylic acids is 1. The van der Waals surface area contributed by atoms with Gasteiger partial charge in [-0.3, -0.25) is 4.79 Å². The number of aliphatic carboxylic acids is 1. The van der Waals surface area contributed by atoms with Crippen LogP contribution in [0, 0.1) is 17.3 Å². The Hall–Kier alpha value is -3.11. The molecule has 0 saturated heterocycles. The van der Waals surface area contributed by atoms with Crippen LogP contribution in [-0.4, -0.2) is 33.7 Å². The van der Waals surface area contributed by atoms with Crippen LogP contribution in [0.3, 0.4) is 0 Å². The SMILES string of the molecule is O=C(N[C@H](C(=O)O)C12CC3CC(CC(O)(C3)C1)C2)c1ccc2sccc2c1OCc1ccc(C(F)(F)F)cc1. The molecule has 2 unspecified atom stereocenters. The predicted molar refractivity (Wildman–Crippen MR) is 139 cm³/mol. The van der Waals surface area contributed by atoms with E-state index in [1.807, 2.05) is 5.38 Å². The number of halogens is 3. The third-order valence-electron chi connectivity index (χ3n) is 8.71. The molecule has 0 aliphatic heterocycles. The monoisotopic (exact) mass is 559 g/mol. The highest BCUT2D eigenvalue weighted by atomic mass is 32.1. The summed E-state index contributed by atoms with van der Waals surface area (Å²) in [6, 6.07) is 8.60. The summed E-state index contributed by atoms with van der Waals surface area (Å²) in [4.78, 5) is 26.2. The van der Waals surface area contributed by atoms with Gasteiger partial charge in [-0.05, 0) is 91.6 Å². The van der Waals surface area contributed by atoms with Crippen molar-refractivity contribution < 1.29 is 37.7 Å². The van der Waals surface area contributed by atoms with E-state index in [2.05, 4.69) is 5.32 Å². The number of alkyl halides is 3. The number of hydrogen-bond acceptors (Lipinski definition) is 5. The number of benzene rings is 2. The normalized spacial score (nSPS) is 28.4. The summed E-state index contributed by atoms with van der Waals surface area (Å²) in [6.45, 7) is -0.0733. The molecule has 1 aromatic heterocycles. The molecule has 3 atom stereocenters. The molecule has 10 heteroatoms. The predicted octanol–water partition coefficient (Wildman–Crippen LogP) is 6.01. The maximum absolute atomic E-state index is 13.6. The van der Waals surface area contributed by atoms with Crippen molar-refractivity contribution in [3.05, 3.63) is 64.5 Å². The van der Waals surface area contributed by atoms with Gasteiger partial charge in [0.15, 0.2) is 0 Å². The van der Waals surface area contributed by atoms with Gasteiger partial charge in [0.05, 0.1) is 16.7 Å². The lowest BCUT2D eigenvalue weighted by Crippen LogP contribution is -2.64. The minimum Gasteiger partial charge on any atom is -0.487 e. The molecule has 2 aromatic carbocycles. The Morgan fingerprint density at radius 1 is 1.05 bits per heavy atom. The molecule has 206 valence electrons. The molecular weight excluding hydrogens is 531 g/mol. The van der Waals surface area contributed by atoms with Crippen LogP contribution < -0.4 is 10.1 Å². The number of hydrogen-bond donors (Lipinski definition) is 3. The maximum Gasteiger partial charge on any atom is 0.416 e. The largest absolute Gasteiger partial charge is 0.487 e. The van der Waals surface area contributed by atoms with E-state index in [9.17, 15) is 33.0 Å². The van der Waals surface area contributed by atoms with E-state index in [1.54, 1.807) is 18.2 Å². The first kappa shape index (κ1) is 26.1. The summed E-state index contributed by atoms with van der Waals surface area (Å²) in [5.74, 6) is -0.975. The molecule has 3 aromatic rings. The number of carbonyl (C=O) groups excluding carboxylic acids is 1. The highest BCUT2D eigenvalue weighted by Gasteiger charge is 2.61. The molecule has 1 heterocycles. The lowest BCUT2D eigenvalue weighted by molar-refractivity contribution is -0.181. The number of thiophene rings is 1. The first-order valence-electron chi connectivity index (χ1n) is 13.0. The van der Waals surface area contributed by atoms with Crippen LogP contribution >= 0.6 is 11.3 Å². The Kier molecular flexibility index (Phi) is 6.18. The molecule has 0 radical (unpaired) electrons. The van der Waals surface area contributed by atoms with Gasteiger partial charge in [-0.2, -0.15) is 13.2 Å². The van der Waals surface area contributed by atoms with Gasteiger partial charge in [0, 0.05) is 15.5 Å². The Morgan fingerprint density at radius 2 is 1.74 bits per heavy atom. The maximum atomic E-state index is 13.6. The molecule has 7 rings (SSSR count). The van der Waals surface area contributed by atoms with E-state index in [0.717, 1.165) is 23.3 Å². The molecule has 4 bridgehead atoms. The molecule has 4 aliphatic carbocycles. The second-order valence-corrected chi connectivity index (χ2v) is 12.5. The van der Waals surface area contributed by atoms with Crippen molar-refractivity contribution in [1.82, 2.24) is 5.32 Å². The minimum absolute atomic E-state index is 0.0733. The van der Waals surface area contributed by atoms with Gasteiger partial charge in [0.1, 0.15) is 18.4 Å². The van der Waals surface area contributed by atoms with E-state index >= 15 is 0 Å².